The van der Waals surface area contributed by atoms with Crippen LogP contribution in [0.5, 0.6) is 5.75 Å². The summed E-state index contributed by atoms with van der Waals surface area (Å²) in [6.07, 6.45) is 0. The number of aromatic carboxylic acids is 1. The highest BCUT2D eigenvalue weighted by Gasteiger charge is 2.21. The third-order valence-corrected chi connectivity index (χ3v) is 5.12. The van der Waals surface area contributed by atoms with Gasteiger partial charge in [0.15, 0.2) is 0 Å². The minimum atomic E-state index is -1.17. The highest BCUT2D eigenvalue weighted by Crippen LogP contribution is 2.32. The number of carboxylic acids is 1. The van der Waals surface area contributed by atoms with Crippen LogP contribution >= 0.6 is 0 Å². The number of ether oxygens (including phenoxy) is 2. The van der Waals surface area contributed by atoms with Crippen LogP contribution in [0.25, 0.3) is 11.1 Å². The zero-order valence-corrected chi connectivity index (χ0v) is 19.3. The van der Waals surface area contributed by atoms with Crippen LogP contribution < -0.4 is 10.1 Å². The molecule has 0 spiro atoms. The molecule has 0 fully saturated rings. The van der Waals surface area contributed by atoms with Crippen molar-refractivity contribution in [3.8, 4) is 16.9 Å². The van der Waals surface area contributed by atoms with Crippen molar-refractivity contribution in [1.29, 1.82) is 0 Å². The van der Waals surface area contributed by atoms with Crippen LogP contribution in [0.3, 0.4) is 0 Å². The molecule has 34 heavy (non-hydrogen) atoms. The number of amides is 1. The quantitative estimate of drug-likeness (QED) is 0.444. The third-order valence-electron chi connectivity index (χ3n) is 5.12. The summed E-state index contributed by atoms with van der Waals surface area (Å²) in [6.45, 7) is 4.72. The molecule has 0 radical (unpaired) electrons. The molecule has 3 rings (SSSR count). The van der Waals surface area contributed by atoms with Crippen molar-refractivity contribution < 1.29 is 29.0 Å². The standard InChI is InChI=1S/C27H27NO6/c1-17(2)15-28-25(29)19-9-11-22(24(13-19)27(32)33-3)21-12-10-20(14-23(21)26(30)31)34-16-18-7-5-4-6-8-18/h4-14,17H,15-16H2,1-3H3,(H,28,29)(H,30,31). The van der Waals surface area contributed by atoms with Crippen LogP contribution in [-0.2, 0) is 11.3 Å². The number of benzene rings is 3. The molecule has 176 valence electrons. The second-order valence-corrected chi connectivity index (χ2v) is 8.14. The van der Waals surface area contributed by atoms with Crippen LogP contribution in [-0.4, -0.2) is 36.6 Å². The van der Waals surface area contributed by atoms with E-state index in [1.165, 1.54) is 19.2 Å². The molecule has 0 heterocycles. The fourth-order valence-corrected chi connectivity index (χ4v) is 3.36. The Kier molecular flexibility index (Phi) is 8.03. The van der Waals surface area contributed by atoms with Crippen LogP contribution in [0.1, 0.15) is 50.5 Å². The van der Waals surface area contributed by atoms with Gasteiger partial charge in [0.05, 0.1) is 18.2 Å². The van der Waals surface area contributed by atoms with Crippen molar-refractivity contribution in [2.45, 2.75) is 20.5 Å². The van der Waals surface area contributed by atoms with Gasteiger partial charge in [-0.25, -0.2) is 9.59 Å². The predicted octanol–water partition coefficient (Wildman–Crippen LogP) is 4.80. The van der Waals surface area contributed by atoms with Gasteiger partial charge in [-0.3, -0.25) is 4.79 Å². The maximum Gasteiger partial charge on any atom is 0.338 e. The van der Waals surface area contributed by atoms with E-state index in [4.69, 9.17) is 9.47 Å². The number of hydrogen-bond acceptors (Lipinski definition) is 5. The molecule has 0 aliphatic heterocycles. The van der Waals surface area contributed by atoms with Gasteiger partial charge in [0.1, 0.15) is 12.4 Å². The number of hydrogen-bond donors (Lipinski definition) is 2. The highest BCUT2D eigenvalue weighted by molar-refractivity contribution is 6.05. The molecule has 3 aromatic carbocycles. The number of nitrogens with one attached hydrogen (secondary N) is 1. The molecular weight excluding hydrogens is 434 g/mol. The predicted molar refractivity (Wildman–Crippen MR) is 128 cm³/mol. The monoisotopic (exact) mass is 461 g/mol. The van der Waals surface area contributed by atoms with Gasteiger partial charge < -0.3 is 19.9 Å². The molecule has 0 aliphatic carbocycles. The van der Waals surface area contributed by atoms with Gasteiger partial charge in [0.2, 0.25) is 0 Å². The minimum absolute atomic E-state index is 0.0345. The van der Waals surface area contributed by atoms with Gasteiger partial charge in [-0.15, -0.1) is 0 Å². The summed E-state index contributed by atoms with van der Waals surface area (Å²) in [4.78, 5) is 37.1. The topological polar surface area (TPSA) is 102 Å². The Morgan fingerprint density at radius 2 is 1.59 bits per heavy atom. The second-order valence-electron chi connectivity index (χ2n) is 8.14. The van der Waals surface area contributed by atoms with Crippen molar-refractivity contribution in [3.05, 3.63) is 89.0 Å². The summed E-state index contributed by atoms with van der Waals surface area (Å²) in [7, 11) is 1.23. The van der Waals surface area contributed by atoms with Gasteiger partial charge in [0.25, 0.3) is 5.91 Å². The normalized spacial score (nSPS) is 10.6. The smallest absolute Gasteiger partial charge is 0.338 e. The second kappa shape index (κ2) is 11.1. The van der Waals surface area contributed by atoms with Crippen molar-refractivity contribution in [2.24, 2.45) is 5.92 Å². The number of carboxylic acid groups (broad SMARTS) is 1. The molecule has 0 saturated carbocycles. The van der Waals surface area contributed by atoms with Gasteiger partial charge in [-0.2, -0.15) is 0 Å². The van der Waals surface area contributed by atoms with Crippen LogP contribution in [0, 0.1) is 5.92 Å². The first-order chi connectivity index (χ1) is 16.3. The number of carbonyl (C=O) groups excluding carboxylic acids is 2. The largest absolute Gasteiger partial charge is 0.489 e. The van der Waals surface area contributed by atoms with E-state index in [0.29, 0.717) is 23.4 Å². The Labute approximate surface area is 198 Å². The lowest BCUT2D eigenvalue weighted by atomic mass is 9.93. The average Bonchev–Trinajstić information content (AvgIpc) is 2.85. The zero-order valence-electron chi connectivity index (χ0n) is 19.3. The van der Waals surface area contributed by atoms with Gasteiger partial charge in [0, 0.05) is 12.1 Å². The maximum atomic E-state index is 12.5. The highest BCUT2D eigenvalue weighted by atomic mass is 16.5. The van der Waals surface area contributed by atoms with Crippen LogP contribution in [0.15, 0.2) is 66.7 Å². The molecule has 2 N–H and O–H groups in total. The molecule has 0 aliphatic rings. The summed E-state index contributed by atoms with van der Waals surface area (Å²) < 4.78 is 10.7. The number of carbonyl (C=O) groups is 3. The lowest BCUT2D eigenvalue weighted by Crippen LogP contribution is -2.27. The minimum Gasteiger partial charge on any atom is -0.489 e. The van der Waals surface area contributed by atoms with E-state index in [-0.39, 0.29) is 35.1 Å². The number of methoxy groups -OCH3 is 1. The lowest BCUT2D eigenvalue weighted by Gasteiger charge is -2.15. The van der Waals surface area contributed by atoms with E-state index in [2.05, 4.69) is 5.32 Å². The summed E-state index contributed by atoms with van der Waals surface area (Å²) in [6, 6.07) is 18.7. The third kappa shape index (κ3) is 6.01. The van der Waals surface area contributed by atoms with Crippen molar-refractivity contribution >= 4 is 17.8 Å². The fraction of sp³-hybridized carbons (Fsp3) is 0.222. The summed E-state index contributed by atoms with van der Waals surface area (Å²) in [5.74, 6) is -1.52. The number of esters is 1. The molecule has 3 aromatic rings. The Balaban J connectivity index is 1.97. The van der Waals surface area contributed by atoms with E-state index in [0.717, 1.165) is 5.56 Å². The van der Waals surface area contributed by atoms with Gasteiger partial charge in [-0.05, 0) is 52.9 Å². The van der Waals surface area contributed by atoms with E-state index in [1.807, 2.05) is 44.2 Å². The van der Waals surface area contributed by atoms with Crippen LogP contribution in [0.4, 0.5) is 0 Å². The van der Waals surface area contributed by atoms with Gasteiger partial charge in [-0.1, -0.05) is 50.2 Å². The Morgan fingerprint density at radius 3 is 2.24 bits per heavy atom. The maximum absolute atomic E-state index is 12.5. The molecule has 7 heteroatoms. The van der Waals surface area contributed by atoms with Crippen molar-refractivity contribution in [2.75, 3.05) is 13.7 Å². The van der Waals surface area contributed by atoms with Crippen LogP contribution in [0.2, 0.25) is 0 Å². The lowest BCUT2D eigenvalue weighted by molar-refractivity contribution is 0.0600. The summed E-state index contributed by atoms with van der Waals surface area (Å²) in [5.41, 5.74) is 1.95. The van der Waals surface area contributed by atoms with E-state index in [1.54, 1.807) is 24.3 Å². The molecule has 1 amide bonds. The first-order valence-corrected chi connectivity index (χ1v) is 10.8. The van der Waals surface area contributed by atoms with E-state index in [9.17, 15) is 19.5 Å². The molecule has 7 nitrogen and oxygen atoms in total. The zero-order chi connectivity index (χ0) is 24.7. The van der Waals surface area contributed by atoms with E-state index < -0.39 is 11.9 Å². The molecule has 0 saturated heterocycles. The Hall–Kier alpha value is -4.13. The van der Waals surface area contributed by atoms with E-state index >= 15 is 0 Å². The fourth-order valence-electron chi connectivity index (χ4n) is 3.36. The Bertz CT molecular complexity index is 1190. The molecule has 0 bridgehead atoms. The first kappa shape index (κ1) is 24.5. The molecule has 0 atom stereocenters. The summed E-state index contributed by atoms with van der Waals surface area (Å²) >= 11 is 0. The summed E-state index contributed by atoms with van der Waals surface area (Å²) in [5, 5.41) is 12.7. The SMILES string of the molecule is COC(=O)c1cc(C(=O)NCC(C)C)ccc1-c1ccc(OCc2ccccc2)cc1C(=O)O. The molecule has 0 aromatic heterocycles. The first-order valence-electron chi connectivity index (χ1n) is 10.8. The number of rotatable bonds is 9. The van der Waals surface area contributed by atoms with Crippen molar-refractivity contribution in [3.63, 3.8) is 0 Å². The average molecular weight is 462 g/mol. The van der Waals surface area contributed by atoms with Crippen molar-refractivity contribution in [1.82, 2.24) is 5.32 Å². The molecular formula is C27H27NO6. The van der Waals surface area contributed by atoms with Gasteiger partial charge >= 0.3 is 11.9 Å². The Morgan fingerprint density at radius 1 is 0.912 bits per heavy atom. The molecule has 0 unspecified atom stereocenters.